The predicted octanol–water partition coefficient (Wildman–Crippen LogP) is 2.67. The van der Waals surface area contributed by atoms with Crippen molar-refractivity contribution in [2.45, 2.75) is 38.3 Å². The fourth-order valence-corrected chi connectivity index (χ4v) is 5.92. The van der Waals surface area contributed by atoms with Crippen LogP contribution in [0.4, 0.5) is 0 Å². The van der Waals surface area contributed by atoms with Crippen LogP contribution in [0.3, 0.4) is 0 Å². The maximum Gasteiger partial charge on any atom is 0.272 e. The Morgan fingerprint density at radius 2 is 2.00 bits per heavy atom. The molecule has 1 aromatic carbocycles. The van der Waals surface area contributed by atoms with Gasteiger partial charge in [-0.1, -0.05) is 12.1 Å². The maximum atomic E-state index is 13.0. The number of imidazole rings is 1. The van der Waals surface area contributed by atoms with Crippen molar-refractivity contribution in [3.63, 3.8) is 0 Å². The quantitative estimate of drug-likeness (QED) is 0.654. The number of pyridine rings is 1. The zero-order valence-corrected chi connectivity index (χ0v) is 18.3. The minimum absolute atomic E-state index is 0.0831. The largest absolute Gasteiger partial charge is 0.497 e. The molecule has 1 aliphatic heterocycles. The van der Waals surface area contributed by atoms with Crippen LogP contribution in [0.2, 0.25) is 0 Å². The molecule has 1 saturated carbocycles. The molecule has 5 rings (SSSR count). The van der Waals surface area contributed by atoms with Gasteiger partial charge >= 0.3 is 0 Å². The first-order valence-electron chi connectivity index (χ1n) is 10.4. The third-order valence-corrected chi connectivity index (χ3v) is 7.67. The van der Waals surface area contributed by atoms with Gasteiger partial charge in [0.05, 0.1) is 35.9 Å². The summed E-state index contributed by atoms with van der Waals surface area (Å²) in [5.41, 5.74) is 2.94. The van der Waals surface area contributed by atoms with Crippen molar-refractivity contribution in [3.05, 3.63) is 41.9 Å². The summed E-state index contributed by atoms with van der Waals surface area (Å²) >= 11 is 0. The summed E-state index contributed by atoms with van der Waals surface area (Å²) in [6, 6.07) is 9.37. The van der Waals surface area contributed by atoms with E-state index in [1.54, 1.807) is 7.11 Å². The lowest BCUT2D eigenvalue weighted by molar-refractivity contribution is 0.0948. The standard InChI is InChI=1S/C22H24N4O4S/c1-13-23-20-19(26(13)16-8-9-31(28,29)12-16)11-18(14-4-3-5-17(10-14)30-2)25-21(20)22(27)24-15-6-7-15/h3-5,10-11,15-16H,6-9,12H2,1-2H3,(H,24,27). The number of methoxy groups -OCH3 is 1. The minimum Gasteiger partial charge on any atom is -0.497 e. The van der Waals surface area contributed by atoms with E-state index in [0.717, 1.165) is 23.9 Å². The number of fused-ring (bicyclic) bond motifs is 1. The molecule has 2 aliphatic rings. The molecule has 1 atom stereocenters. The van der Waals surface area contributed by atoms with Gasteiger partial charge in [0.1, 0.15) is 17.1 Å². The van der Waals surface area contributed by atoms with Crippen LogP contribution < -0.4 is 10.1 Å². The number of rotatable bonds is 5. The van der Waals surface area contributed by atoms with E-state index in [1.165, 1.54) is 0 Å². The molecule has 31 heavy (non-hydrogen) atoms. The van der Waals surface area contributed by atoms with Crippen molar-refractivity contribution in [2.75, 3.05) is 18.6 Å². The molecular weight excluding hydrogens is 416 g/mol. The van der Waals surface area contributed by atoms with E-state index in [1.807, 2.05) is 41.8 Å². The van der Waals surface area contributed by atoms with E-state index in [9.17, 15) is 13.2 Å². The van der Waals surface area contributed by atoms with E-state index in [2.05, 4.69) is 15.3 Å². The summed E-state index contributed by atoms with van der Waals surface area (Å²) < 4.78 is 31.5. The number of carbonyl (C=O) groups excluding carboxylic acids is 1. The highest BCUT2D eigenvalue weighted by Crippen LogP contribution is 2.33. The number of nitrogens with zero attached hydrogens (tertiary/aromatic N) is 3. The summed E-state index contributed by atoms with van der Waals surface area (Å²) in [5, 5.41) is 3.00. The third kappa shape index (κ3) is 3.78. The second kappa shape index (κ2) is 7.33. The van der Waals surface area contributed by atoms with Crippen molar-refractivity contribution in [1.82, 2.24) is 19.9 Å². The average Bonchev–Trinajstić information content (AvgIpc) is 3.40. The predicted molar refractivity (Wildman–Crippen MR) is 117 cm³/mol. The Morgan fingerprint density at radius 1 is 1.19 bits per heavy atom. The van der Waals surface area contributed by atoms with Gasteiger partial charge < -0.3 is 14.6 Å². The van der Waals surface area contributed by atoms with Gasteiger partial charge in [-0.3, -0.25) is 4.79 Å². The number of ether oxygens (including phenoxy) is 1. The Kier molecular flexibility index (Phi) is 4.73. The van der Waals surface area contributed by atoms with Gasteiger partial charge in [0.15, 0.2) is 15.5 Å². The zero-order chi connectivity index (χ0) is 21.8. The number of amides is 1. The molecule has 0 bridgehead atoms. The Bertz CT molecular complexity index is 1290. The first-order valence-corrected chi connectivity index (χ1v) is 12.2. The molecule has 1 N–H and O–H groups in total. The molecule has 1 unspecified atom stereocenters. The molecular formula is C22H24N4O4S. The van der Waals surface area contributed by atoms with Crippen LogP contribution in [0.5, 0.6) is 5.75 Å². The van der Waals surface area contributed by atoms with Crippen LogP contribution in [0.15, 0.2) is 30.3 Å². The number of hydrogen-bond acceptors (Lipinski definition) is 6. The molecule has 3 aromatic rings. The number of aryl methyl sites for hydroxylation is 1. The Balaban J connectivity index is 1.70. The lowest BCUT2D eigenvalue weighted by Gasteiger charge is -2.15. The van der Waals surface area contributed by atoms with E-state index in [-0.39, 0.29) is 35.2 Å². The van der Waals surface area contributed by atoms with Crippen LogP contribution in [0, 0.1) is 6.92 Å². The smallest absolute Gasteiger partial charge is 0.272 e. The summed E-state index contributed by atoms with van der Waals surface area (Å²) in [6.45, 7) is 1.85. The van der Waals surface area contributed by atoms with E-state index in [0.29, 0.717) is 29.2 Å². The number of hydrogen-bond donors (Lipinski definition) is 1. The van der Waals surface area contributed by atoms with Crippen molar-refractivity contribution in [3.8, 4) is 17.0 Å². The first-order chi connectivity index (χ1) is 14.8. The highest BCUT2D eigenvalue weighted by atomic mass is 32.2. The molecule has 0 radical (unpaired) electrons. The van der Waals surface area contributed by atoms with E-state index >= 15 is 0 Å². The van der Waals surface area contributed by atoms with Crippen LogP contribution in [0.1, 0.15) is 41.6 Å². The fourth-order valence-electron chi connectivity index (χ4n) is 4.22. The van der Waals surface area contributed by atoms with Gasteiger partial charge in [-0.05, 0) is 44.4 Å². The summed E-state index contributed by atoms with van der Waals surface area (Å²) in [7, 11) is -1.47. The Morgan fingerprint density at radius 3 is 2.68 bits per heavy atom. The van der Waals surface area contributed by atoms with Crippen LogP contribution in [0.25, 0.3) is 22.3 Å². The van der Waals surface area contributed by atoms with Gasteiger partial charge in [-0.2, -0.15) is 0 Å². The second-order valence-corrected chi connectivity index (χ2v) is 10.5. The third-order valence-electron chi connectivity index (χ3n) is 5.92. The number of carbonyl (C=O) groups is 1. The monoisotopic (exact) mass is 440 g/mol. The van der Waals surface area contributed by atoms with E-state index < -0.39 is 9.84 Å². The van der Waals surface area contributed by atoms with Gasteiger partial charge in [-0.25, -0.2) is 18.4 Å². The first kappa shape index (κ1) is 20.0. The van der Waals surface area contributed by atoms with Gasteiger partial charge in [0.25, 0.3) is 5.91 Å². The second-order valence-electron chi connectivity index (χ2n) is 8.29. The molecule has 1 amide bonds. The Labute approximate surface area is 180 Å². The number of sulfone groups is 1. The SMILES string of the molecule is COc1cccc(-c2cc3c(nc(C)n3C3CCS(=O)(=O)C3)c(C(=O)NC3CC3)n2)c1. The van der Waals surface area contributed by atoms with Crippen molar-refractivity contribution < 1.29 is 17.9 Å². The minimum atomic E-state index is -3.07. The molecule has 1 aliphatic carbocycles. The van der Waals surface area contributed by atoms with Gasteiger partial charge in [-0.15, -0.1) is 0 Å². The van der Waals surface area contributed by atoms with Crippen molar-refractivity contribution in [2.24, 2.45) is 0 Å². The Hall–Kier alpha value is -2.94. The molecule has 3 heterocycles. The lowest BCUT2D eigenvalue weighted by Crippen LogP contribution is -2.26. The van der Waals surface area contributed by atoms with Crippen molar-refractivity contribution in [1.29, 1.82) is 0 Å². The number of aromatic nitrogens is 3. The number of benzene rings is 1. The molecule has 162 valence electrons. The van der Waals surface area contributed by atoms with E-state index in [4.69, 9.17) is 4.74 Å². The fraction of sp³-hybridized carbons (Fsp3) is 0.409. The molecule has 9 heteroatoms. The normalized spacial score (nSPS) is 20.1. The average molecular weight is 441 g/mol. The summed E-state index contributed by atoms with van der Waals surface area (Å²) in [4.78, 5) is 22.3. The highest BCUT2D eigenvalue weighted by Gasteiger charge is 2.33. The lowest BCUT2D eigenvalue weighted by atomic mass is 10.1. The molecule has 2 aromatic heterocycles. The highest BCUT2D eigenvalue weighted by molar-refractivity contribution is 7.91. The van der Waals surface area contributed by atoms with Crippen molar-refractivity contribution >= 4 is 26.8 Å². The molecule has 1 saturated heterocycles. The molecule has 0 spiro atoms. The zero-order valence-electron chi connectivity index (χ0n) is 17.5. The van der Waals surface area contributed by atoms with Crippen LogP contribution in [-0.4, -0.2) is 53.5 Å². The van der Waals surface area contributed by atoms with Gasteiger partial charge in [0, 0.05) is 11.6 Å². The summed E-state index contributed by atoms with van der Waals surface area (Å²) in [6.07, 6.45) is 2.48. The molecule has 2 fully saturated rings. The van der Waals surface area contributed by atoms with Crippen LogP contribution in [-0.2, 0) is 9.84 Å². The summed E-state index contributed by atoms with van der Waals surface area (Å²) in [5.74, 6) is 1.37. The topological polar surface area (TPSA) is 103 Å². The molecule has 8 nitrogen and oxygen atoms in total. The van der Waals surface area contributed by atoms with Crippen LogP contribution >= 0.6 is 0 Å². The number of nitrogens with one attached hydrogen (secondary N) is 1. The van der Waals surface area contributed by atoms with Gasteiger partial charge in [0.2, 0.25) is 0 Å². The maximum absolute atomic E-state index is 13.0.